The Hall–Kier alpha value is -6.45. The third-order valence-corrected chi connectivity index (χ3v) is 14.9. The summed E-state index contributed by atoms with van der Waals surface area (Å²) in [5.41, 5.74) is 20.5. The van der Waals surface area contributed by atoms with E-state index in [4.69, 9.17) is 28.2 Å². The van der Waals surface area contributed by atoms with Crippen molar-refractivity contribution in [3.63, 3.8) is 0 Å². The van der Waals surface area contributed by atoms with Crippen LogP contribution in [-0.4, -0.2) is 5.71 Å². The van der Waals surface area contributed by atoms with Gasteiger partial charge in [0.05, 0.1) is 26.8 Å². The quantitative estimate of drug-likeness (QED) is 0.183. The lowest BCUT2D eigenvalue weighted by Crippen LogP contribution is -2.30. The molecule has 1 spiro atoms. The molecule has 0 saturated heterocycles. The predicted octanol–water partition coefficient (Wildman–Crippen LogP) is 16.1. The molecule has 4 heteroatoms. The van der Waals surface area contributed by atoms with E-state index in [1.807, 2.05) is 30.3 Å². The molecule has 3 atom stereocenters. The van der Waals surface area contributed by atoms with Crippen LogP contribution in [-0.2, 0) is 10.8 Å². The number of rotatable bonds is 5. The van der Waals surface area contributed by atoms with Crippen LogP contribution in [0, 0.1) is 5.92 Å². The molecule has 0 bridgehead atoms. The van der Waals surface area contributed by atoms with E-state index in [1.165, 1.54) is 61.2 Å². The van der Waals surface area contributed by atoms with Crippen LogP contribution in [0.2, 0.25) is 10.0 Å². The number of halogens is 2. The van der Waals surface area contributed by atoms with Crippen LogP contribution in [0.25, 0.3) is 44.5 Å². The zero-order chi connectivity index (χ0) is 41.7. The van der Waals surface area contributed by atoms with Gasteiger partial charge < -0.3 is 5.32 Å². The van der Waals surface area contributed by atoms with Crippen LogP contribution in [0.15, 0.2) is 193 Å². The highest BCUT2D eigenvalue weighted by Gasteiger charge is 2.53. The number of allylic oxidation sites excluding steroid dienone is 2. The summed E-state index contributed by atoms with van der Waals surface area (Å²) in [4.78, 5) is 5.49. The summed E-state index contributed by atoms with van der Waals surface area (Å²) in [7, 11) is 0. The number of nitrogens with one attached hydrogen (secondary N) is 1. The van der Waals surface area contributed by atoms with Crippen LogP contribution in [0.1, 0.15) is 59.6 Å². The molecule has 8 aromatic carbocycles. The van der Waals surface area contributed by atoms with E-state index < -0.39 is 5.41 Å². The molecule has 0 radical (unpaired) electrons. The first-order valence-electron chi connectivity index (χ1n) is 21.6. The first-order valence-corrected chi connectivity index (χ1v) is 22.3. The smallest absolute Gasteiger partial charge is 0.0825 e. The summed E-state index contributed by atoms with van der Waals surface area (Å²) in [5, 5.41) is 5.08. The number of benzene rings is 8. The third kappa shape index (κ3) is 5.33. The fourth-order valence-corrected chi connectivity index (χ4v) is 11.9. The molecule has 0 heterocycles. The molecule has 3 unspecified atom stereocenters. The van der Waals surface area contributed by atoms with Crippen LogP contribution in [0.4, 0.5) is 17.1 Å². The van der Waals surface area contributed by atoms with E-state index in [0.717, 1.165) is 45.9 Å². The standard InChI is InChI=1S/C58H42Cl2N2/c1-57(2)42-21-9-6-18-38(42)55-45(57)24-14-28-51(55)62-53-34-36(30-31-49(53)60)41-32-37(35-16-4-3-5-17-35)33-47-54(41)39-19-7-10-22-43(39)58(47)44-23-11-8-20-40(44)56-46(58)25-15-29-52(56)61-50-27-13-12-26-48(50)59/h3-23,25-34,45,55,61H,24H2,1-2H3. The van der Waals surface area contributed by atoms with Gasteiger partial charge in [-0.05, 0) is 139 Å². The van der Waals surface area contributed by atoms with Crippen LogP contribution in [0.3, 0.4) is 0 Å². The second-order valence-corrected chi connectivity index (χ2v) is 18.5. The lowest BCUT2D eigenvalue weighted by molar-refractivity contribution is 0.336. The fourth-order valence-electron chi connectivity index (χ4n) is 11.6. The minimum Gasteiger partial charge on any atom is -0.354 e. The van der Waals surface area contributed by atoms with Crippen molar-refractivity contribution in [1.82, 2.24) is 0 Å². The van der Waals surface area contributed by atoms with Gasteiger partial charge >= 0.3 is 0 Å². The van der Waals surface area contributed by atoms with E-state index in [2.05, 4.69) is 177 Å². The van der Waals surface area contributed by atoms with Gasteiger partial charge in [-0.15, -0.1) is 0 Å². The molecule has 4 aliphatic carbocycles. The SMILES string of the molecule is CC1(C)c2ccccc2C2C(=Nc3cc(-c4cc(-c5ccccc5)cc5c4-c4ccccc4C54c5ccccc5-c5c(Nc6ccccc6Cl)cccc54)ccc3Cl)C=CCC21. The van der Waals surface area contributed by atoms with Crippen molar-refractivity contribution < 1.29 is 0 Å². The molecular formula is C58H42Cl2N2. The molecule has 2 nitrogen and oxygen atoms in total. The first-order chi connectivity index (χ1) is 30.3. The maximum atomic E-state index is 7.18. The van der Waals surface area contributed by atoms with Gasteiger partial charge in [0.25, 0.3) is 0 Å². The minimum absolute atomic E-state index is 0.0448. The Bertz CT molecular complexity index is 3210. The van der Waals surface area contributed by atoms with E-state index >= 15 is 0 Å². The number of aliphatic imine (C=N–C) groups is 1. The Balaban J connectivity index is 1.10. The molecule has 12 rings (SSSR count). The monoisotopic (exact) mass is 836 g/mol. The van der Waals surface area contributed by atoms with Gasteiger partial charge in [-0.3, -0.25) is 4.99 Å². The molecule has 0 amide bonds. The molecule has 0 aliphatic heterocycles. The molecule has 0 saturated carbocycles. The second-order valence-electron chi connectivity index (χ2n) is 17.7. The first kappa shape index (κ1) is 37.3. The van der Waals surface area contributed by atoms with Crippen molar-refractivity contribution in [1.29, 1.82) is 0 Å². The summed E-state index contributed by atoms with van der Waals surface area (Å²) in [6.07, 6.45) is 5.58. The average molecular weight is 838 g/mol. The van der Waals surface area contributed by atoms with Crippen LogP contribution >= 0.6 is 23.2 Å². The zero-order valence-electron chi connectivity index (χ0n) is 34.5. The molecule has 4 aliphatic rings. The largest absolute Gasteiger partial charge is 0.354 e. The molecule has 62 heavy (non-hydrogen) atoms. The van der Waals surface area contributed by atoms with Crippen molar-refractivity contribution in [3.05, 3.63) is 232 Å². The molecule has 1 N–H and O–H groups in total. The van der Waals surface area contributed by atoms with Gasteiger partial charge in [-0.25, -0.2) is 0 Å². The van der Waals surface area contributed by atoms with Gasteiger partial charge in [-0.1, -0.05) is 177 Å². The van der Waals surface area contributed by atoms with Crippen LogP contribution < -0.4 is 5.32 Å². The second kappa shape index (κ2) is 14.0. The summed E-state index contributed by atoms with van der Waals surface area (Å²) < 4.78 is 0. The molecular weight excluding hydrogens is 796 g/mol. The number of anilines is 2. The topological polar surface area (TPSA) is 24.4 Å². The van der Waals surface area contributed by atoms with Gasteiger partial charge in [0.15, 0.2) is 0 Å². The van der Waals surface area contributed by atoms with Crippen molar-refractivity contribution in [2.45, 2.75) is 37.0 Å². The van der Waals surface area contributed by atoms with E-state index in [1.54, 1.807) is 0 Å². The predicted molar refractivity (Wildman–Crippen MR) is 260 cm³/mol. The number of fused-ring (bicyclic) bond motifs is 13. The van der Waals surface area contributed by atoms with Crippen molar-refractivity contribution in [2.24, 2.45) is 10.9 Å². The normalized spacial score (nSPS) is 20.0. The van der Waals surface area contributed by atoms with E-state index in [0.29, 0.717) is 16.0 Å². The molecule has 0 aromatic heterocycles. The number of hydrogen-bond donors (Lipinski definition) is 1. The van der Waals surface area contributed by atoms with E-state index in [-0.39, 0.29) is 11.3 Å². The van der Waals surface area contributed by atoms with Gasteiger partial charge in [-0.2, -0.15) is 0 Å². The number of nitrogens with zero attached hydrogens (tertiary/aromatic N) is 1. The molecule has 8 aromatic rings. The zero-order valence-corrected chi connectivity index (χ0v) is 36.0. The molecule has 298 valence electrons. The maximum absolute atomic E-state index is 7.18. The molecule has 0 fully saturated rings. The average Bonchev–Trinajstić information content (AvgIpc) is 3.87. The Morgan fingerprint density at radius 1 is 0.516 bits per heavy atom. The highest BCUT2D eigenvalue weighted by atomic mass is 35.5. The van der Waals surface area contributed by atoms with Gasteiger partial charge in [0, 0.05) is 22.9 Å². The lowest BCUT2D eigenvalue weighted by Gasteiger charge is -2.33. The van der Waals surface area contributed by atoms with Crippen molar-refractivity contribution >= 4 is 46.0 Å². The summed E-state index contributed by atoms with van der Waals surface area (Å²) in [6, 6.07) is 63.7. The fraction of sp³-hybridized carbons (Fsp3) is 0.121. The number of para-hydroxylation sites is 1. The van der Waals surface area contributed by atoms with E-state index in [9.17, 15) is 0 Å². The maximum Gasteiger partial charge on any atom is 0.0825 e. The summed E-state index contributed by atoms with van der Waals surface area (Å²) in [6.45, 7) is 4.78. The van der Waals surface area contributed by atoms with Gasteiger partial charge in [0.1, 0.15) is 0 Å². The lowest BCUT2D eigenvalue weighted by atomic mass is 9.70. The van der Waals surface area contributed by atoms with Gasteiger partial charge in [0.2, 0.25) is 0 Å². The summed E-state index contributed by atoms with van der Waals surface area (Å²) >= 11 is 14.0. The Morgan fingerprint density at radius 2 is 1.18 bits per heavy atom. The highest BCUT2D eigenvalue weighted by Crippen LogP contribution is 2.66. The number of hydrogen-bond acceptors (Lipinski definition) is 2. The van der Waals surface area contributed by atoms with Crippen LogP contribution in [0.5, 0.6) is 0 Å². The Morgan fingerprint density at radius 3 is 1.97 bits per heavy atom. The minimum atomic E-state index is -0.588. The van der Waals surface area contributed by atoms with Crippen molar-refractivity contribution in [2.75, 3.05) is 5.32 Å². The summed E-state index contributed by atoms with van der Waals surface area (Å²) in [5.74, 6) is 0.643. The Labute approximate surface area is 373 Å². The van der Waals surface area contributed by atoms with Crippen molar-refractivity contribution in [3.8, 4) is 44.5 Å². The Kier molecular flexibility index (Phi) is 8.45. The third-order valence-electron chi connectivity index (χ3n) is 14.3. The highest BCUT2D eigenvalue weighted by molar-refractivity contribution is 6.33.